The van der Waals surface area contributed by atoms with Gasteiger partial charge in [-0.3, -0.25) is 4.79 Å². The van der Waals surface area contributed by atoms with Crippen molar-refractivity contribution in [1.29, 1.82) is 0 Å². The maximum Gasteiger partial charge on any atom is 0.224 e. The van der Waals surface area contributed by atoms with Crippen LogP contribution in [0.4, 0.5) is 14.5 Å². The van der Waals surface area contributed by atoms with Crippen molar-refractivity contribution in [3.8, 4) is 0 Å². The van der Waals surface area contributed by atoms with E-state index >= 15 is 0 Å². The van der Waals surface area contributed by atoms with E-state index in [1.54, 1.807) is 0 Å². The van der Waals surface area contributed by atoms with Gasteiger partial charge in [-0.05, 0) is 47.4 Å². The summed E-state index contributed by atoms with van der Waals surface area (Å²) in [5, 5.41) is 5.64. The maximum absolute atomic E-state index is 13.5. The highest BCUT2D eigenvalue weighted by Crippen LogP contribution is 2.27. The summed E-state index contributed by atoms with van der Waals surface area (Å²) < 4.78 is 26.6. The second-order valence-electron chi connectivity index (χ2n) is 4.36. The van der Waals surface area contributed by atoms with E-state index in [4.69, 9.17) is 0 Å². The van der Waals surface area contributed by atoms with Crippen molar-refractivity contribution in [3.63, 3.8) is 0 Å². The quantitative estimate of drug-likeness (QED) is 0.899. The van der Waals surface area contributed by atoms with Crippen LogP contribution in [-0.4, -0.2) is 19.0 Å². The largest absolute Gasteiger partial charge is 0.323 e. The minimum Gasteiger partial charge on any atom is -0.323 e. The molecule has 0 aliphatic carbocycles. The van der Waals surface area contributed by atoms with Crippen molar-refractivity contribution in [1.82, 2.24) is 5.32 Å². The fourth-order valence-corrected chi connectivity index (χ4v) is 2.51. The van der Waals surface area contributed by atoms with E-state index in [2.05, 4.69) is 26.6 Å². The summed E-state index contributed by atoms with van der Waals surface area (Å²) in [6.45, 7) is 1.72. The first-order valence-electron chi connectivity index (χ1n) is 5.71. The van der Waals surface area contributed by atoms with E-state index < -0.39 is 11.6 Å². The van der Waals surface area contributed by atoms with Gasteiger partial charge >= 0.3 is 0 Å². The lowest BCUT2D eigenvalue weighted by molar-refractivity contribution is -0.117. The van der Waals surface area contributed by atoms with Gasteiger partial charge in [-0.25, -0.2) is 8.78 Å². The molecule has 1 atom stereocenters. The first-order valence-corrected chi connectivity index (χ1v) is 6.50. The smallest absolute Gasteiger partial charge is 0.224 e. The van der Waals surface area contributed by atoms with Gasteiger partial charge < -0.3 is 10.6 Å². The maximum atomic E-state index is 13.5. The third-order valence-corrected chi connectivity index (χ3v) is 3.53. The molecule has 1 fully saturated rings. The monoisotopic (exact) mass is 318 g/mol. The van der Waals surface area contributed by atoms with Gasteiger partial charge in [0.1, 0.15) is 5.82 Å². The molecule has 1 aromatic carbocycles. The van der Waals surface area contributed by atoms with Crippen LogP contribution in [0, 0.1) is 17.6 Å². The molecule has 1 heterocycles. The highest BCUT2D eigenvalue weighted by Gasteiger charge is 2.19. The second kappa shape index (κ2) is 5.75. The fraction of sp³-hybridized carbons (Fsp3) is 0.417. The molecule has 1 unspecified atom stereocenters. The van der Waals surface area contributed by atoms with Crippen LogP contribution in [0.2, 0.25) is 0 Å². The highest BCUT2D eigenvalue weighted by atomic mass is 79.9. The van der Waals surface area contributed by atoms with E-state index in [1.807, 2.05) is 0 Å². The fourth-order valence-electron chi connectivity index (χ4n) is 2.00. The number of carbonyl (C=O) groups excluding carboxylic acids is 1. The molecule has 1 aliphatic heterocycles. The molecule has 0 spiro atoms. The normalized spacial score (nSPS) is 18.9. The van der Waals surface area contributed by atoms with Crippen LogP contribution in [0.5, 0.6) is 0 Å². The van der Waals surface area contributed by atoms with Crippen molar-refractivity contribution in [3.05, 3.63) is 28.2 Å². The SMILES string of the molecule is O=C(CC1CCNC1)Nc1c(F)cc(F)cc1Br. The minimum atomic E-state index is -0.778. The number of amides is 1. The molecule has 0 saturated carbocycles. The van der Waals surface area contributed by atoms with Gasteiger partial charge in [-0.1, -0.05) is 0 Å². The molecule has 1 saturated heterocycles. The van der Waals surface area contributed by atoms with Crippen LogP contribution in [0.3, 0.4) is 0 Å². The zero-order chi connectivity index (χ0) is 13.1. The minimum absolute atomic E-state index is 0.00708. The highest BCUT2D eigenvalue weighted by molar-refractivity contribution is 9.10. The molecule has 0 radical (unpaired) electrons. The number of nitrogens with one attached hydrogen (secondary N) is 2. The second-order valence-corrected chi connectivity index (χ2v) is 5.21. The summed E-state index contributed by atoms with van der Waals surface area (Å²) in [7, 11) is 0. The van der Waals surface area contributed by atoms with E-state index in [-0.39, 0.29) is 22.0 Å². The predicted molar refractivity (Wildman–Crippen MR) is 68.3 cm³/mol. The molecule has 2 rings (SSSR count). The van der Waals surface area contributed by atoms with E-state index in [1.165, 1.54) is 0 Å². The Morgan fingerprint density at radius 1 is 1.50 bits per heavy atom. The standard InChI is InChI=1S/C12H13BrF2N2O/c13-9-4-8(14)5-10(15)12(9)17-11(18)3-7-1-2-16-6-7/h4-5,7,16H,1-3,6H2,(H,17,18). The Morgan fingerprint density at radius 3 is 2.89 bits per heavy atom. The van der Waals surface area contributed by atoms with Gasteiger partial charge in [0.2, 0.25) is 5.91 Å². The number of hydrogen-bond acceptors (Lipinski definition) is 2. The summed E-state index contributed by atoms with van der Waals surface area (Å²) in [6, 6.07) is 1.87. The van der Waals surface area contributed by atoms with Crippen molar-refractivity contribution in [2.75, 3.05) is 18.4 Å². The van der Waals surface area contributed by atoms with E-state index in [0.717, 1.165) is 31.6 Å². The first kappa shape index (κ1) is 13.4. The molecule has 1 aromatic rings. The zero-order valence-electron chi connectivity index (χ0n) is 9.60. The van der Waals surface area contributed by atoms with Crippen LogP contribution >= 0.6 is 15.9 Å². The summed E-state index contributed by atoms with van der Waals surface area (Å²) in [4.78, 5) is 11.7. The Morgan fingerprint density at radius 2 is 2.28 bits per heavy atom. The Kier molecular flexibility index (Phi) is 4.29. The number of carbonyl (C=O) groups is 1. The molecule has 0 aromatic heterocycles. The molecule has 3 nitrogen and oxygen atoms in total. The number of halogens is 3. The van der Waals surface area contributed by atoms with Crippen molar-refractivity contribution in [2.24, 2.45) is 5.92 Å². The van der Waals surface area contributed by atoms with Gasteiger partial charge in [0.15, 0.2) is 5.82 Å². The lowest BCUT2D eigenvalue weighted by Gasteiger charge is -2.11. The Bertz CT molecular complexity index is 438. The molecule has 2 N–H and O–H groups in total. The number of rotatable bonds is 3. The number of anilines is 1. The Balaban J connectivity index is 2.02. The summed E-state index contributed by atoms with van der Waals surface area (Å²) in [5.41, 5.74) is -0.00708. The molecule has 1 amide bonds. The summed E-state index contributed by atoms with van der Waals surface area (Å²) in [5.74, 6) is -1.43. The molecule has 98 valence electrons. The third kappa shape index (κ3) is 3.26. The van der Waals surface area contributed by atoms with E-state index in [0.29, 0.717) is 6.42 Å². The van der Waals surface area contributed by atoms with Gasteiger partial charge in [-0.15, -0.1) is 0 Å². The van der Waals surface area contributed by atoms with Crippen LogP contribution in [0.25, 0.3) is 0 Å². The van der Waals surface area contributed by atoms with Crippen LogP contribution < -0.4 is 10.6 Å². The summed E-state index contributed by atoms with van der Waals surface area (Å²) in [6.07, 6.45) is 1.29. The van der Waals surface area contributed by atoms with Crippen LogP contribution in [-0.2, 0) is 4.79 Å². The number of hydrogen-bond donors (Lipinski definition) is 2. The summed E-state index contributed by atoms with van der Waals surface area (Å²) >= 11 is 3.03. The van der Waals surface area contributed by atoms with E-state index in [9.17, 15) is 13.6 Å². The van der Waals surface area contributed by atoms with Crippen LogP contribution in [0.15, 0.2) is 16.6 Å². The molecule has 6 heteroatoms. The Labute approximate surface area is 112 Å². The van der Waals surface area contributed by atoms with Crippen molar-refractivity contribution in [2.45, 2.75) is 12.8 Å². The lowest BCUT2D eigenvalue weighted by atomic mass is 10.0. The van der Waals surface area contributed by atoms with Crippen LogP contribution in [0.1, 0.15) is 12.8 Å². The van der Waals surface area contributed by atoms with Crippen molar-refractivity contribution < 1.29 is 13.6 Å². The molecular formula is C12H13BrF2N2O. The average molecular weight is 319 g/mol. The lowest BCUT2D eigenvalue weighted by Crippen LogP contribution is -2.19. The van der Waals surface area contributed by atoms with Gasteiger partial charge in [0, 0.05) is 17.0 Å². The molecule has 1 aliphatic rings. The van der Waals surface area contributed by atoms with Gasteiger partial charge in [0.25, 0.3) is 0 Å². The Hall–Kier alpha value is -1.01. The van der Waals surface area contributed by atoms with Crippen molar-refractivity contribution >= 4 is 27.5 Å². The third-order valence-electron chi connectivity index (χ3n) is 2.91. The topological polar surface area (TPSA) is 41.1 Å². The van der Waals surface area contributed by atoms with Gasteiger partial charge in [0.05, 0.1) is 5.69 Å². The molecular weight excluding hydrogens is 306 g/mol. The number of benzene rings is 1. The average Bonchev–Trinajstić information content (AvgIpc) is 2.76. The molecule has 18 heavy (non-hydrogen) atoms. The predicted octanol–water partition coefficient (Wildman–Crippen LogP) is 2.67. The molecule has 0 bridgehead atoms. The first-order chi connectivity index (χ1) is 8.56. The zero-order valence-corrected chi connectivity index (χ0v) is 11.2. The van der Waals surface area contributed by atoms with Gasteiger partial charge in [-0.2, -0.15) is 0 Å².